The molecule has 4 nitrogen and oxygen atoms in total. The van der Waals surface area contributed by atoms with E-state index in [0.29, 0.717) is 11.1 Å². The smallest absolute Gasteiger partial charge is 0.336 e. The van der Waals surface area contributed by atoms with Crippen molar-refractivity contribution in [1.29, 1.82) is 0 Å². The fourth-order valence-electron chi connectivity index (χ4n) is 2.07. The van der Waals surface area contributed by atoms with Gasteiger partial charge in [0.1, 0.15) is 12.2 Å². The first-order chi connectivity index (χ1) is 9.88. The second-order valence-corrected chi connectivity index (χ2v) is 5.30. The third-order valence-electron chi connectivity index (χ3n) is 3.29. The normalized spacial score (nSPS) is 10.5. The molecule has 1 heterocycles. The topological polar surface area (TPSA) is 56.5 Å². The average molecular weight is 286 g/mol. The van der Waals surface area contributed by atoms with Gasteiger partial charge < -0.3 is 9.15 Å². The summed E-state index contributed by atoms with van der Waals surface area (Å²) in [5, 5.41) is 0.794. The van der Waals surface area contributed by atoms with E-state index >= 15 is 0 Å². The lowest BCUT2D eigenvalue weighted by atomic mass is 10.0. The van der Waals surface area contributed by atoms with Crippen molar-refractivity contribution >= 4 is 16.9 Å². The molecule has 0 atom stereocenters. The van der Waals surface area contributed by atoms with Crippen molar-refractivity contribution in [3.8, 4) is 0 Å². The molecular weight excluding hydrogens is 268 g/mol. The van der Waals surface area contributed by atoms with Gasteiger partial charge >= 0.3 is 11.6 Å². The van der Waals surface area contributed by atoms with E-state index in [1.165, 1.54) is 12.1 Å². The quantitative estimate of drug-likeness (QED) is 0.493. The maximum atomic E-state index is 11.7. The van der Waals surface area contributed by atoms with E-state index < -0.39 is 11.6 Å². The highest BCUT2D eigenvalue weighted by Gasteiger charge is 2.10. The molecule has 0 spiro atoms. The van der Waals surface area contributed by atoms with E-state index in [9.17, 15) is 9.59 Å². The second kappa shape index (κ2) is 5.95. The molecule has 1 aromatic carbocycles. The monoisotopic (exact) mass is 286 g/mol. The van der Waals surface area contributed by atoms with Crippen LogP contribution in [0.15, 0.2) is 39.1 Å². The van der Waals surface area contributed by atoms with Crippen molar-refractivity contribution in [2.75, 3.05) is 0 Å². The zero-order chi connectivity index (χ0) is 15.6. The van der Waals surface area contributed by atoms with Gasteiger partial charge in [-0.2, -0.15) is 0 Å². The SMILES string of the molecule is CC(C)=CC(=O)OCc1cc(=O)oc2c(C)c(C)ccc12. The summed E-state index contributed by atoms with van der Waals surface area (Å²) < 4.78 is 10.5. The van der Waals surface area contributed by atoms with Crippen molar-refractivity contribution in [1.82, 2.24) is 0 Å². The van der Waals surface area contributed by atoms with E-state index in [1.807, 2.05) is 39.8 Å². The Balaban J connectivity index is 2.41. The van der Waals surface area contributed by atoms with E-state index in [0.717, 1.165) is 22.1 Å². The maximum absolute atomic E-state index is 11.7. The summed E-state index contributed by atoms with van der Waals surface area (Å²) in [4.78, 5) is 23.2. The summed E-state index contributed by atoms with van der Waals surface area (Å²) in [5.41, 5.74) is 3.59. The molecule has 0 fully saturated rings. The number of ether oxygens (including phenoxy) is 1. The lowest BCUT2D eigenvalue weighted by Gasteiger charge is -2.09. The molecule has 0 aliphatic carbocycles. The van der Waals surface area contributed by atoms with E-state index in [2.05, 4.69) is 0 Å². The molecular formula is C17H18O4. The zero-order valence-corrected chi connectivity index (χ0v) is 12.6. The lowest BCUT2D eigenvalue weighted by molar-refractivity contribution is -0.139. The Kier molecular flexibility index (Phi) is 4.26. The van der Waals surface area contributed by atoms with Crippen LogP contribution in [0.3, 0.4) is 0 Å². The van der Waals surface area contributed by atoms with Gasteiger partial charge in [-0.1, -0.05) is 17.7 Å². The van der Waals surface area contributed by atoms with Gasteiger partial charge in [-0.15, -0.1) is 0 Å². The number of hydrogen-bond donors (Lipinski definition) is 0. The number of carbonyl (C=O) groups excluding carboxylic acids is 1. The third kappa shape index (κ3) is 3.40. The molecule has 2 aromatic rings. The minimum Gasteiger partial charge on any atom is -0.458 e. The molecule has 2 rings (SSSR count). The van der Waals surface area contributed by atoms with Crippen LogP contribution < -0.4 is 5.63 Å². The van der Waals surface area contributed by atoms with Gasteiger partial charge in [0.05, 0.1) is 0 Å². The third-order valence-corrected chi connectivity index (χ3v) is 3.29. The maximum Gasteiger partial charge on any atom is 0.336 e. The number of carbonyl (C=O) groups is 1. The second-order valence-electron chi connectivity index (χ2n) is 5.30. The molecule has 110 valence electrons. The molecule has 21 heavy (non-hydrogen) atoms. The summed E-state index contributed by atoms with van der Waals surface area (Å²) >= 11 is 0. The Morgan fingerprint density at radius 1 is 1.29 bits per heavy atom. The summed E-state index contributed by atoms with van der Waals surface area (Å²) in [6.45, 7) is 7.54. The molecule has 0 amide bonds. The molecule has 0 aliphatic rings. The predicted octanol–water partition coefficient (Wildman–Crippen LogP) is 3.42. The highest BCUT2D eigenvalue weighted by Crippen LogP contribution is 2.23. The van der Waals surface area contributed by atoms with Crippen LogP contribution in [-0.2, 0) is 16.1 Å². The Morgan fingerprint density at radius 2 is 2.00 bits per heavy atom. The van der Waals surface area contributed by atoms with E-state index in [1.54, 1.807) is 0 Å². The number of aryl methyl sites for hydroxylation is 2. The van der Waals surface area contributed by atoms with Gasteiger partial charge in [0, 0.05) is 23.1 Å². The zero-order valence-electron chi connectivity index (χ0n) is 12.6. The number of rotatable bonds is 3. The highest BCUT2D eigenvalue weighted by atomic mass is 16.5. The van der Waals surface area contributed by atoms with Crippen LogP contribution in [-0.4, -0.2) is 5.97 Å². The summed E-state index contributed by atoms with van der Waals surface area (Å²) in [6, 6.07) is 5.21. The molecule has 0 bridgehead atoms. The summed E-state index contributed by atoms with van der Waals surface area (Å²) in [6.07, 6.45) is 1.42. The van der Waals surface area contributed by atoms with Crippen molar-refractivity contribution in [3.63, 3.8) is 0 Å². The number of hydrogen-bond acceptors (Lipinski definition) is 4. The molecule has 0 saturated heterocycles. The minimum absolute atomic E-state index is 0.0488. The summed E-state index contributed by atoms with van der Waals surface area (Å²) in [5.74, 6) is -0.416. The lowest BCUT2D eigenvalue weighted by Crippen LogP contribution is -2.06. The summed E-state index contributed by atoms with van der Waals surface area (Å²) in [7, 11) is 0. The van der Waals surface area contributed by atoms with Crippen LogP contribution in [0.5, 0.6) is 0 Å². The van der Waals surface area contributed by atoms with Crippen LogP contribution in [0.2, 0.25) is 0 Å². The predicted molar refractivity (Wildman–Crippen MR) is 81.2 cm³/mol. The van der Waals surface area contributed by atoms with E-state index in [-0.39, 0.29) is 6.61 Å². The fourth-order valence-corrected chi connectivity index (χ4v) is 2.07. The molecule has 0 radical (unpaired) electrons. The fraction of sp³-hybridized carbons (Fsp3) is 0.294. The van der Waals surface area contributed by atoms with Gasteiger partial charge in [0.25, 0.3) is 0 Å². The molecule has 0 saturated carbocycles. The van der Waals surface area contributed by atoms with Crippen molar-refractivity contribution in [3.05, 3.63) is 57.0 Å². The van der Waals surface area contributed by atoms with Gasteiger partial charge in [-0.25, -0.2) is 9.59 Å². The largest absolute Gasteiger partial charge is 0.458 e. The van der Waals surface area contributed by atoms with Gasteiger partial charge in [0.2, 0.25) is 0 Å². The Hall–Kier alpha value is -2.36. The van der Waals surface area contributed by atoms with Crippen LogP contribution in [0.4, 0.5) is 0 Å². The Bertz CT molecular complexity index is 777. The van der Waals surface area contributed by atoms with Crippen LogP contribution in [0, 0.1) is 13.8 Å². The van der Waals surface area contributed by atoms with Gasteiger partial charge in [-0.05, 0) is 38.8 Å². The highest BCUT2D eigenvalue weighted by molar-refractivity contribution is 5.85. The number of esters is 1. The first-order valence-corrected chi connectivity index (χ1v) is 6.73. The Morgan fingerprint density at radius 3 is 2.67 bits per heavy atom. The van der Waals surface area contributed by atoms with Gasteiger partial charge in [-0.3, -0.25) is 0 Å². The molecule has 4 heteroatoms. The van der Waals surface area contributed by atoms with E-state index in [4.69, 9.17) is 9.15 Å². The van der Waals surface area contributed by atoms with Crippen molar-refractivity contribution < 1.29 is 13.9 Å². The molecule has 0 unspecified atom stereocenters. The first kappa shape index (κ1) is 15.0. The van der Waals surface area contributed by atoms with Gasteiger partial charge in [0.15, 0.2) is 0 Å². The molecule has 0 aliphatic heterocycles. The Labute approximate surface area is 123 Å². The van der Waals surface area contributed by atoms with Crippen molar-refractivity contribution in [2.24, 2.45) is 0 Å². The number of fused-ring (bicyclic) bond motifs is 1. The molecule has 0 N–H and O–H groups in total. The van der Waals surface area contributed by atoms with Crippen LogP contribution in [0.1, 0.15) is 30.5 Å². The standard InChI is InChI=1S/C17H18O4/c1-10(2)7-15(18)20-9-13-8-16(19)21-17-12(4)11(3)5-6-14(13)17/h5-8H,9H2,1-4H3. The minimum atomic E-state index is -0.440. The molecule has 1 aromatic heterocycles. The number of benzene rings is 1. The first-order valence-electron chi connectivity index (χ1n) is 6.73. The van der Waals surface area contributed by atoms with Crippen molar-refractivity contribution in [2.45, 2.75) is 34.3 Å². The average Bonchev–Trinajstić information content (AvgIpc) is 2.40. The van der Waals surface area contributed by atoms with Crippen LogP contribution >= 0.6 is 0 Å². The number of allylic oxidation sites excluding steroid dienone is 1. The van der Waals surface area contributed by atoms with Crippen LogP contribution in [0.25, 0.3) is 11.0 Å².